The molecule has 3 nitrogen and oxygen atoms in total. The van der Waals surface area contributed by atoms with Gasteiger partial charge in [0, 0.05) is 35.0 Å². The molecule has 2 aromatic heterocycles. The Hall–Kier alpha value is -2.68. The number of benzene rings is 1. The minimum Gasteiger partial charge on any atom is -0.464 e. The van der Waals surface area contributed by atoms with Gasteiger partial charge in [-0.1, -0.05) is 25.1 Å². The van der Waals surface area contributed by atoms with Gasteiger partial charge < -0.3 is 4.42 Å². The van der Waals surface area contributed by atoms with Crippen LogP contribution in [0.3, 0.4) is 0 Å². The molecule has 0 saturated heterocycles. The van der Waals surface area contributed by atoms with E-state index in [0.29, 0.717) is 0 Å². The monoisotopic (exact) mass is 289 g/mol. The van der Waals surface area contributed by atoms with Crippen LogP contribution in [0.25, 0.3) is 22.5 Å². The van der Waals surface area contributed by atoms with E-state index >= 15 is 0 Å². The lowest BCUT2D eigenvalue weighted by atomic mass is 9.99. The maximum Gasteiger partial charge on any atom is 0.166 e. The lowest BCUT2D eigenvalue weighted by Crippen LogP contribution is -2.02. The standard InChI is InChI=1S/C19H15NO2/c1-12-10-15-11-14(2-3-16(15)18(12)21)17-6-9-22-19(17)13-4-7-20-8-5-13/h2-9,11-12H,10H2,1H3. The number of furan rings is 1. The third-order valence-electron chi connectivity index (χ3n) is 4.26. The van der Waals surface area contributed by atoms with E-state index in [4.69, 9.17) is 4.42 Å². The van der Waals surface area contributed by atoms with Gasteiger partial charge in [-0.25, -0.2) is 0 Å². The molecule has 0 bridgehead atoms. The number of pyridine rings is 1. The Morgan fingerprint density at radius 3 is 2.68 bits per heavy atom. The largest absolute Gasteiger partial charge is 0.464 e. The van der Waals surface area contributed by atoms with Crippen LogP contribution in [0.1, 0.15) is 22.8 Å². The van der Waals surface area contributed by atoms with Gasteiger partial charge in [-0.3, -0.25) is 9.78 Å². The maximum absolute atomic E-state index is 12.1. The van der Waals surface area contributed by atoms with E-state index in [2.05, 4.69) is 11.1 Å². The number of ketones is 1. The van der Waals surface area contributed by atoms with E-state index in [1.807, 2.05) is 37.3 Å². The zero-order valence-corrected chi connectivity index (χ0v) is 12.2. The Balaban J connectivity index is 1.81. The number of carbonyl (C=O) groups excluding carboxylic acids is 1. The fourth-order valence-corrected chi connectivity index (χ4v) is 3.12. The van der Waals surface area contributed by atoms with Gasteiger partial charge in [0.15, 0.2) is 5.78 Å². The van der Waals surface area contributed by atoms with Crippen LogP contribution in [-0.2, 0) is 6.42 Å². The summed E-state index contributed by atoms with van der Waals surface area (Å²) < 4.78 is 5.67. The van der Waals surface area contributed by atoms with Crippen LogP contribution in [0.15, 0.2) is 59.5 Å². The Bertz CT molecular complexity index is 849. The molecule has 1 aromatic carbocycles. The van der Waals surface area contributed by atoms with Crippen molar-refractivity contribution in [3.05, 3.63) is 66.2 Å². The molecular weight excluding hydrogens is 274 g/mol. The molecule has 108 valence electrons. The molecule has 0 aliphatic heterocycles. The van der Waals surface area contributed by atoms with Gasteiger partial charge in [0.2, 0.25) is 0 Å². The van der Waals surface area contributed by atoms with E-state index < -0.39 is 0 Å². The highest BCUT2D eigenvalue weighted by atomic mass is 16.3. The smallest absolute Gasteiger partial charge is 0.166 e. The van der Waals surface area contributed by atoms with Gasteiger partial charge in [0.1, 0.15) is 5.76 Å². The second-order valence-corrected chi connectivity index (χ2v) is 5.74. The molecular formula is C19H15NO2. The second kappa shape index (κ2) is 4.95. The van der Waals surface area contributed by atoms with E-state index in [-0.39, 0.29) is 11.7 Å². The predicted octanol–water partition coefficient (Wildman–Crippen LogP) is 4.38. The zero-order chi connectivity index (χ0) is 15.1. The van der Waals surface area contributed by atoms with Crippen molar-refractivity contribution in [2.45, 2.75) is 13.3 Å². The minimum absolute atomic E-state index is 0.0919. The molecule has 0 fully saturated rings. The molecule has 1 atom stereocenters. The lowest BCUT2D eigenvalue weighted by molar-refractivity contribution is 0.0946. The summed E-state index contributed by atoms with van der Waals surface area (Å²) in [6.07, 6.45) is 6.03. The molecule has 0 N–H and O–H groups in total. The van der Waals surface area contributed by atoms with Crippen molar-refractivity contribution in [1.29, 1.82) is 0 Å². The Labute approximate surface area is 128 Å². The normalized spacial score (nSPS) is 16.8. The summed E-state index contributed by atoms with van der Waals surface area (Å²) >= 11 is 0. The number of nitrogens with zero attached hydrogens (tertiary/aromatic N) is 1. The number of fused-ring (bicyclic) bond motifs is 1. The number of hydrogen-bond acceptors (Lipinski definition) is 3. The average molecular weight is 289 g/mol. The molecule has 0 spiro atoms. The number of rotatable bonds is 2. The third-order valence-corrected chi connectivity index (χ3v) is 4.26. The third kappa shape index (κ3) is 1.98. The second-order valence-electron chi connectivity index (χ2n) is 5.74. The topological polar surface area (TPSA) is 43.1 Å². The summed E-state index contributed by atoms with van der Waals surface area (Å²) in [5, 5.41) is 0. The number of carbonyl (C=O) groups is 1. The summed E-state index contributed by atoms with van der Waals surface area (Å²) in [5.74, 6) is 1.18. The number of aromatic nitrogens is 1. The molecule has 1 unspecified atom stereocenters. The average Bonchev–Trinajstić information content (AvgIpc) is 3.14. The molecule has 1 aliphatic rings. The first-order valence-electron chi connectivity index (χ1n) is 7.39. The SMILES string of the molecule is CC1Cc2cc(-c3ccoc3-c3ccncc3)ccc2C1=O. The van der Waals surface area contributed by atoms with Gasteiger partial charge in [0.25, 0.3) is 0 Å². The minimum atomic E-state index is 0.0919. The Morgan fingerprint density at radius 1 is 1.05 bits per heavy atom. The molecule has 4 rings (SSSR count). The van der Waals surface area contributed by atoms with Gasteiger partial charge >= 0.3 is 0 Å². The van der Waals surface area contributed by atoms with Crippen molar-refractivity contribution >= 4 is 5.78 Å². The van der Waals surface area contributed by atoms with Crippen LogP contribution in [0.5, 0.6) is 0 Å². The van der Waals surface area contributed by atoms with Crippen LogP contribution in [0.4, 0.5) is 0 Å². The van der Waals surface area contributed by atoms with E-state index in [9.17, 15) is 4.79 Å². The summed E-state index contributed by atoms with van der Waals surface area (Å²) in [5.41, 5.74) is 5.13. The van der Waals surface area contributed by atoms with Crippen LogP contribution < -0.4 is 0 Å². The van der Waals surface area contributed by atoms with Crippen molar-refractivity contribution in [1.82, 2.24) is 4.98 Å². The first kappa shape index (κ1) is 13.0. The van der Waals surface area contributed by atoms with Crippen molar-refractivity contribution in [2.75, 3.05) is 0 Å². The summed E-state index contributed by atoms with van der Waals surface area (Å²) in [6.45, 7) is 1.99. The molecule has 0 saturated carbocycles. The Morgan fingerprint density at radius 2 is 1.86 bits per heavy atom. The number of Topliss-reactive ketones (excluding diaryl/α,β-unsaturated/α-hetero) is 1. The first-order valence-corrected chi connectivity index (χ1v) is 7.39. The van der Waals surface area contributed by atoms with Crippen LogP contribution in [0, 0.1) is 5.92 Å². The molecule has 1 aliphatic carbocycles. The van der Waals surface area contributed by atoms with Gasteiger partial charge in [-0.15, -0.1) is 0 Å². The molecule has 0 radical (unpaired) electrons. The van der Waals surface area contributed by atoms with Crippen molar-refractivity contribution < 1.29 is 9.21 Å². The fourth-order valence-electron chi connectivity index (χ4n) is 3.12. The fraction of sp³-hybridized carbons (Fsp3) is 0.158. The van der Waals surface area contributed by atoms with E-state index in [1.54, 1.807) is 18.7 Å². The van der Waals surface area contributed by atoms with Gasteiger partial charge in [-0.05, 0) is 35.7 Å². The zero-order valence-electron chi connectivity index (χ0n) is 12.2. The molecule has 3 aromatic rings. The number of hydrogen-bond donors (Lipinski definition) is 0. The van der Waals surface area contributed by atoms with E-state index in [0.717, 1.165) is 40.0 Å². The van der Waals surface area contributed by atoms with E-state index in [1.165, 1.54) is 0 Å². The molecule has 3 heteroatoms. The molecule has 22 heavy (non-hydrogen) atoms. The highest BCUT2D eigenvalue weighted by Gasteiger charge is 2.27. The maximum atomic E-state index is 12.1. The van der Waals surface area contributed by atoms with Crippen LogP contribution in [-0.4, -0.2) is 10.8 Å². The van der Waals surface area contributed by atoms with Gasteiger partial charge in [-0.2, -0.15) is 0 Å². The van der Waals surface area contributed by atoms with Crippen LogP contribution >= 0.6 is 0 Å². The quantitative estimate of drug-likeness (QED) is 0.703. The van der Waals surface area contributed by atoms with Crippen LogP contribution in [0.2, 0.25) is 0 Å². The summed E-state index contributed by atoms with van der Waals surface area (Å²) in [7, 11) is 0. The first-order chi connectivity index (χ1) is 10.7. The summed E-state index contributed by atoms with van der Waals surface area (Å²) in [4.78, 5) is 16.1. The van der Waals surface area contributed by atoms with Crippen molar-refractivity contribution in [2.24, 2.45) is 5.92 Å². The molecule has 2 heterocycles. The predicted molar refractivity (Wildman–Crippen MR) is 84.6 cm³/mol. The van der Waals surface area contributed by atoms with Gasteiger partial charge in [0.05, 0.1) is 6.26 Å². The Kier molecular flexibility index (Phi) is 2.93. The van der Waals surface area contributed by atoms with Crippen molar-refractivity contribution in [3.63, 3.8) is 0 Å². The highest BCUT2D eigenvalue weighted by molar-refractivity contribution is 6.02. The summed E-state index contributed by atoms with van der Waals surface area (Å²) in [6, 6.07) is 11.9. The van der Waals surface area contributed by atoms with Crippen molar-refractivity contribution in [3.8, 4) is 22.5 Å². The molecule has 0 amide bonds. The highest BCUT2D eigenvalue weighted by Crippen LogP contribution is 2.36. The lowest BCUT2D eigenvalue weighted by Gasteiger charge is -2.05.